The second-order valence-electron chi connectivity index (χ2n) is 4.03. The molecule has 0 saturated carbocycles. The van der Waals surface area contributed by atoms with E-state index >= 15 is 0 Å². The molecule has 0 spiro atoms. The molecule has 1 N–H and O–H groups in total. The van der Waals surface area contributed by atoms with E-state index in [0.717, 1.165) is 0 Å². The van der Waals surface area contributed by atoms with Crippen molar-refractivity contribution in [1.29, 1.82) is 0 Å². The van der Waals surface area contributed by atoms with Gasteiger partial charge in [0.2, 0.25) is 0 Å². The van der Waals surface area contributed by atoms with Crippen molar-refractivity contribution < 1.29 is 9.00 Å². The molecule has 0 radical (unpaired) electrons. The number of aromatic nitrogens is 1. The largest absolute Gasteiger partial charge is 0.275 e. The maximum atomic E-state index is 12.4. The van der Waals surface area contributed by atoms with E-state index in [4.69, 9.17) is 6.42 Å². The number of hydrogen-bond acceptors (Lipinski definition) is 3. The number of carbonyl (C=O) groups excluding carboxylic acids is 1. The Kier molecular flexibility index (Phi) is 3.87. The number of terminal acetylenes is 1. The molecule has 0 fully saturated rings. The Bertz CT molecular complexity index is 775. The summed E-state index contributed by atoms with van der Waals surface area (Å²) >= 11 is 0. The van der Waals surface area contributed by atoms with E-state index in [1.807, 2.05) is 0 Å². The third kappa shape index (κ3) is 3.05. The molecule has 1 heterocycles. The molecule has 1 atom stereocenters. The van der Waals surface area contributed by atoms with Gasteiger partial charge in [-0.2, -0.15) is 0 Å². The third-order valence-electron chi connectivity index (χ3n) is 2.55. The summed E-state index contributed by atoms with van der Waals surface area (Å²) in [6.45, 7) is 0. The van der Waals surface area contributed by atoms with Crippen LogP contribution in [-0.2, 0) is 9.71 Å². The molecule has 4 nitrogen and oxygen atoms in total. The summed E-state index contributed by atoms with van der Waals surface area (Å²) in [7, 11) is -2.91. The van der Waals surface area contributed by atoms with Gasteiger partial charge in [-0.15, -0.1) is 6.42 Å². The number of amides is 1. The molecule has 2 rings (SSSR count). The highest BCUT2D eigenvalue weighted by atomic mass is 32.2. The Hall–Kier alpha value is -2.58. The van der Waals surface area contributed by atoms with Gasteiger partial charge >= 0.3 is 0 Å². The van der Waals surface area contributed by atoms with Gasteiger partial charge in [-0.3, -0.25) is 14.5 Å². The van der Waals surface area contributed by atoms with Crippen LogP contribution in [0.3, 0.4) is 0 Å². The highest BCUT2D eigenvalue weighted by molar-refractivity contribution is 7.99. The number of rotatable bonds is 3. The molecule has 20 heavy (non-hydrogen) atoms. The van der Waals surface area contributed by atoms with Crippen molar-refractivity contribution in [3.05, 3.63) is 59.9 Å². The number of nitrogens with zero attached hydrogens (tertiary/aromatic N) is 1. The minimum absolute atomic E-state index is 0.243. The zero-order valence-electron chi connectivity index (χ0n) is 10.6. The molecule has 5 heteroatoms. The fourth-order valence-corrected chi connectivity index (χ4v) is 2.68. The first kappa shape index (κ1) is 13.8. The number of carbonyl (C=O) groups is 1. The van der Waals surface area contributed by atoms with Crippen LogP contribution in [0.4, 0.5) is 0 Å². The lowest BCUT2D eigenvalue weighted by Gasteiger charge is -2.11. The van der Waals surface area contributed by atoms with Crippen LogP contribution in [0.25, 0.3) is 0 Å². The van der Waals surface area contributed by atoms with Crippen LogP contribution >= 0.6 is 0 Å². The lowest BCUT2D eigenvalue weighted by Crippen LogP contribution is -2.30. The van der Waals surface area contributed by atoms with Gasteiger partial charge in [-0.05, 0) is 24.1 Å². The molecule has 0 aliphatic carbocycles. The number of nitrogens with one attached hydrogen (secondary N) is 1. The van der Waals surface area contributed by atoms with Crippen molar-refractivity contribution in [3.63, 3.8) is 0 Å². The fraction of sp³-hybridized carbons (Fsp3) is 0. The maximum Gasteiger partial charge on any atom is 0.264 e. The summed E-state index contributed by atoms with van der Waals surface area (Å²) in [5.74, 6) is 5.44. The molecule has 1 amide bonds. The normalized spacial score (nSPS) is 12.9. The van der Waals surface area contributed by atoms with E-state index in [1.54, 1.807) is 30.3 Å². The van der Waals surface area contributed by atoms with Gasteiger partial charge in [-0.1, -0.05) is 24.1 Å². The quantitative estimate of drug-likeness (QED) is 0.686. The molecular weight excluding hydrogens is 272 g/mol. The molecule has 0 aliphatic heterocycles. The lowest BCUT2D eigenvalue weighted by molar-refractivity contribution is 0.0982. The summed E-state index contributed by atoms with van der Waals surface area (Å²) in [6.07, 6.45) is 8.07. The van der Waals surface area contributed by atoms with Crippen LogP contribution in [0.2, 0.25) is 0 Å². The Morgan fingerprint density at radius 1 is 1.30 bits per heavy atom. The molecule has 0 aliphatic rings. The van der Waals surface area contributed by atoms with Gasteiger partial charge in [0.1, 0.15) is 0 Å². The Morgan fingerprint density at radius 2 is 2.00 bits per heavy atom. The van der Waals surface area contributed by atoms with Crippen molar-refractivity contribution in [2.24, 2.45) is 0 Å². The first-order valence-electron chi connectivity index (χ1n) is 5.69. The van der Waals surface area contributed by atoms with Gasteiger partial charge in [-0.25, -0.2) is 4.21 Å². The van der Waals surface area contributed by atoms with Gasteiger partial charge in [0, 0.05) is 22.9 Å². The highest BCUT2D eigenvalue weighted by Crippen LogP contribution is 2.09. The van der Waals surface area contributed by atoms with E-state index in [1.165, 1.54) is 18.5 Å². The molecule has 0 saturated heterocycles. The predicted octanol–water partition coefficient (Wildman–Crippen LogP) is 1.48. The predicted molar refractivity (Wildman–Crippen MR) is 79.6 cm³/mol. The van der Waals surface area contributed by atoms with Gasteiger partial charge in [0.15, 0.2) is 0 Å². The Balaban J connectivity index is 2.26. The average Bonchev–Trinajstić information content (AvgIpc) is 2.48. The van der Waals surface area contributed by atoms with Crippen molar-refractivity contribution in [2.75, 3.05) is 0 Å². The fourth-order valence-electron chi connectivity index (χ4n) is 1.55. The van der Waals surface area contributed by atoms with Crippen molar-refractivity contribution in [3.8, 4) is 12.3 Å². The van der Waals surface area contributed by atoms with E-state index in [-0.39, 0.29) is 5.56 Å². The number of benzene rings is 1. The summed E-state index contributed by atoms with van der Waals surface area (Å²) in [4.78, 5) is 16.4. The minimum atomic E-state index is -2.91. The number of hydrogen-bond donors (Lipinski definition) is 1. The van der Waals surface area contributed by atoms with E-state index in [9.17, 15) is 9.00 Å². The Labute approximate surface area is 118 Å². The second kappa shape index (κ2) is 5.59. The molecular formula is C15H12N2O2S. The topological polar surface area (TPSA) is 59.1 Å². The van der Waals surface area contributed by atoms with Crippen molar-refractivity contribution in [2.45, 2.75) is 4.90 Å². The summed E-state index contributed by atoms with van der Waals surface area (Å²) < 4.78 is 14.8. The Morgan fingerprint density at radius 3 is 2.65 bits per heavy atom. The van der Waals surface area contributed by atoms with Crippen LogP contribution < -0.4 is 4.72 Å². The molecule has 2 aromatic rings. The summed E-state index contributed by atoms with van der Waals surface area (Å²) in [5.41, 5.74) is 0.723. The first-order chi connectivity index (χ1) is 9.53. The molecule has 1 unspecified atom stereocenters. The average molecular weight is 284 g/mol. The zero-order chi connectivity index (χ0) is 14.6. The van der Waals surface area contributed by atoms with Crippen LogP contribution in [0.5, 0.6) is 0 Å². The van der Waals surface area contributed by atoms with Crippen LogP contribution in [0.15, 0.2) is 53.7 Å². The van der Waals surface area contributed by atoms with Crippen LogP contribution in [0, 0.1) is 12.3 Å². The monoisotopic (exact) mass is 284 g/mol. The van der Waals surface area contributed by atoms with Crippen molar-refractivity contribution in [1.82, 2.24) is 9.71 Å². The number of pyridine rings is 1. The summed E-state index contributed by atoms with van der Waals surface area (Å²) in [5, 5.41) is 0. The zero-order valence-corrected chi connectivity index (χ0v) is 11.4. The highest BCUT2D eigenvalue weighted by Gasteiger charge is 2.13. The molecule has 100 valence electrons. The van der Waals surface area contributed by atoms with Crippen LogP contribution in [-0.4, -0.2) is 21.0 Å². The minimum Gasteiger partial charge on any atom is -0.275 e. The van der Waals surface area contributed by atoms with Crippen molar-refractivity contribution >= 4 is 21.5 Å². The van der Waals surface area contributed by atoms with E-state index in [2.05, 4.69) is 21.5 Å². The second-order valence-corrected chi connectivity index (χ2v) is 6.05. The molecule has 1 aromatic heterocycles. The van der Waals surface area contributed by atoms with E-state index < -0.39 is 15.6 Å². The van der Waals surface area contributed by atoms with Crippen LogP contribution in [0.1, 0.15) is 15.9 Å². The summed E-state index contributed by atoms with van der Waals surface area (Å²) in [6, 6.07) is 10.0. The standard InChI is InChI=1S/C15H12N2O2S/c1-3-12-9-13(11-16-10-12)15(18)17-20(2,19)14-7-5-4-6-8-14/h1,4-11H,2H2,(H,17,18,19). The maximum absolute atomic E-state index is 12.4. The SMILES string of the molecule is C#Cc1cncc(C(=O)NS(=C)(=O)c2ccccc2)c1. The van der Waals surface area contributed by atoms with Gasteiger partial charge < -0.3 is 0 Å². The van der Waals surface area contributed by atoms with Gasteiger partial charge in [0.05, 0.1) is 15.3 Å². The van der Waals surface area contributed by atoms with Gasteiger partial charge in [0.25, 0.3) is 5.91 Å². The third-order valence-corrected chi connectivity index (χ3v) is 4.10. The lowest BCUT2D eigenvalue weighted by atomic mass is 10.2. The molecule has 1 aromatic carbocycles. The smallest absolute Gasteiger partial charge is 0.264 e. The first-order valence-corrected chi connectivity index (χ1v) is 7.42. The molecule has 0 bridgehead atoms. The van der Waals surface area contributed by atoms with E-state index in [0.29, 0.717) is 10.5 Å².